The van der Waals surface area contributed by atoms with Crippen molar-refractivity contribution in [3.8, 4) is 11.4 Å². The van der Waals surface area contributed by atoms with Crippen LogP contribution in [0.5, 0.6) is 0 Å². The molecule has 0 atom stereocenters. The second kappa shape index (κ2) is 9.72. The number of carbonyl (C=O) groups excluding carboxylic acids is 1. The monoisotopic (exact) mass is 494 g/mol. The van der Waals surface area contributed by atoms with Crippen LogP contribution in [0.2, 0.25) is 0 Å². The van der Waals surface area contributed by atoms with Crippen LogP contribution in [0, 0.1) is 15.9 Å². The molecule has 0 fully saturated rings. The number of halogens is 1. The van der Waals surface area contributed by atoms with E-state index in [9.17, 15) is 24.1 Å². The summed E-state index contributed by atoms with van der Waals surface area (Å²) >= 11 is 0. The highest BCUT2D eigenvalue weighted by atomic mass is 19.1. The second-order valence-electron chi connectivity index (χ2n) is 8.68. The number of oxazole rings is 1. The molecule has 0 spiro atoms. The van der Waals surface area contributed by atoms with E-state index in [1.807, 2.05) is 4.57 Å². The number of aryl methyl sites for hydroxylation is 2. The Hall–Kier alpha value is -4.35. The highest BCUT2D eigenvalue weighted by Gasteiger charge is 2.18. The summed E-state index contributed by atoms with van der Waals surface area (Å²) < 4.78 is 22.9. The lowest BCUT2D eigenvalue weighted by Crippen LogP contribution is -2.17. The number of hydrogen-bond acceptors (Lipinski definition) is 7. The summed E-state index contributed by atoms with van der Waals surface area (Å²) in [5, 5.41) is 22.1. The fraction of sp³-hybridized carbons (Fsp3) is 0.333. The first-order chi connectivity index (χ1) is 17.4. The van der Waals surface area contributed by atoms with Gasteiger partial charge in [0, 0.05) is 37.6 Å². The fourth-order valence-corrected chi connectivity index (χ4v) is 4.45. The number of carbonyl (C=O) groups is 1. The van der Waals surface area contributed by atoms with Gasteiger partial charge in [0.05, 0.1) is 22.2 Å². The number of rotatable bonds is 7. The molecule has 0 saturated heterocycles. The largest absolute Gasteiger partial charge is 0.419 e. The molecule has 36 heavy (non-hydrogen) atoms. The van der Waals surface area contributed by atoms with E-state index in [4.69, 9.17) is 4.42 Å². The van der Waals surface area contributed by atoms with Crippen molar-refractivity contribution in [3.05, 3.63) is 68.7 Å². The molecule has 3 heterocycles. The lowest BCUT2D eigenvalue weighted by molar-refractivity contribution is -0.384. The van der Waals surface area contributed by atoms with Gasteiger partial charge in [-0.05, 0) is 43.5 Å². The Kier molecular flexibility index (Phi) is 6.32. The third-order valence-corrected chi connectivity index (χ3v) is 6.26. The number of fused-ring (bicyclic) bond motifs is 2. The topological polar surface area (TPSA) is 138 Å². The predicted molar refractivity (Wildman–Crippen MR) is 128 cm³/mol. The molecule has 1 aliphatic heterocycles. The maximum Gasteiger partial charge on any atom is 0.419 e. The van der Waals surface area contributed by atoms with E-state index in [-0.39, 0.29) is 36.3 Å². The Morgan fingerprint density at radius 1 is 1.17 bits per heavy atom. The average Bonchev–Trinajstić information content (AvgIpc) is 3.30. The molecular formula is C24H23FN6O5. The van der Waals surface area contributed by atoms with E-state index in [2.05, 4.69) is 15.5 Å². The van der Waals surface area contributed by atoms with Crippen LogP contribution in [0.4, 0.5) is 15.8 Å². The second-order valence-corrected chi connectivity index (χ2v) is 8.68. The summed E-state index contributed by atoms with van der Waals surface area (Å²) in [6.45, 7) is 0.956. The van der Waals surface area contributed by atoms with E-state index in [1.165, 1.54) is 28.8 Å². The molecule has 11 nitrogen and oxygen atoms in total. The van der Waals surface area contributed by atoms with Gasteiger partial charge in [0.15, 0.2) is 11.4 Å². The van der Waals surface area contributed by atoms with E-state index >= 15 is 0 Å². The Labute approximate surface area is 203 Å². The highest BCUT2D eigenvalue weighted by molar-refractivity contribution is 5.91. The number of anilines is 1. The smallest absolute Gasteiger partial charge is 0.407 e. The number of non-ortho nitro benzene ring substituents is 1. The fourth-order valence-electron chi connectivity index (χ4n) is 4.45. The van der Waals surface area contributed by atoms with Crippen LogP contribution in [-0.2, 0) is 24.3 Å². The van der Waals surface area contributed by atoms with Gasteiger partial charge in [-0.25, -0.2) is 9.18 Å². The molecule has 4 aromatic rings. The van der Waals surface area contributed by atoms with Gasteiger partial charge < -0.3 is 14.3 Å². The van der Waals surface area contributed by atoms with E-state index < -0.39 is 22.4 Å². The minimum atomic E-state index is -0.669. The number of benzene rings is 2. The first-order valence-corrected chi connectivity index (χ1v) is 11.7. The molecule has 0 radical (unpaired) electrons. The van der Waals surface area contributed by atoms with E-state index in [0.29, 0.717) is 16.9 Å². The molecule has 1 aliphatic rings. The molecule has 0 saturated carbocycles. The van der Waals surface area contributed by atoms with E-state index in [0.717, 1.165) is 38.1 Å². The summed E-state index contributed by atoms with van der Waals surface area (Å²) in [4.78, 5) is 35.1. The van der Waals surface area contributed by atoms with Crippen molar-refractivity contribution in [1.29, 1.82) is 0 Å². The molecule has 1 amide bonds. The van der Waals surface area contributed by atoms with Gasteiger partial charge in [-0.15, -0.1) is 10.2 Å². The van der Waals surface area contributed by atoms with Gasteiger partial charge in [0.25, 0.3) is 5.69 Å². The van der Waals surface area contributed by atoms with Crippen LogP contribution in [0.15, 0.2) is 45.6 Å². The van der Waals surface area contributed by atoms with Gasteiger partial charge in [-0.1, -0.05) is 6.42 Å². The number of nitro benzene ring substituents is 1. The molecular weight excluding hydrogens is 471 g/mol. The van der Waals surface area contributed by atoms with Crippen LogP contribution < -0.4 is 11.1 Å². The summed E-state index contributed by atoms with van der Waals surface area (Å²) in [5.41, 5.74) is 1.02. The Morgan fingerprint density at radius 2 is 2.03 bits per heavy atom. The number of nitro groups is 1. The Balaban J connectivity index is 1.26. The first-order valence-electron chi connectivity index (χ1n) is 11.7. The van der Waals surface area contributed by atoms with Gasteiger partial charge in [-0.2, -0.15) is 0 Å². The lowest BCUT2D eigenvalue weighted by Gasteiger charge is -2.10. The molecule has 2 aromatic heterocycles. The number of nitrogens with zero attached hydrogens (tertiary/aromatic N) is 5. The van der Waals surface area contributed by atoms with Crippen LogP contribution in [0.25, 0.3) is 22.5 Å². The molecule has 2 aromatic carbocycles. The minimum Gasteiger partial charge on any atom is -0.407 e. The summed E-state index contributed by atoms with van der Waals surface area (Å²) in [6, 6.07) is 8.36. The number of nitrogens with one attached hydrogen (secondary N) is 1. The molecule has 186 valence electrons. The predicted octanol–water partition coefficient (Wildman–Crippen LogP) is 4.05. The van der Waals surface area contributed by atoms with Crippen molar-refractivity contribution >= 4 is 28.4 Å². The van der Waals surface area contributed by atoms with Crippen LogP contribution in [0.1, 0.15) is 37.9 Å². The van der Waals surface area contributed by atoms with Gasteiger partial charge in [-0.3, -0.25) is 19.5 Å². The molecule has 5 rings (SSSR count). The Bertz CT molecular complexity index is 1520. The summed E-state index contributed by atoms with van der Waals surface area (Å²) in [7, 11) is 0. The number of hydrogen-bond donors (Lipinski definition) is 1. The maximum atomic E-state index is 14.5. The average molecular weight is 494 g/mol. The molecule has 1 N–H and O–H groups in total. The zero-order valence-electron chi connectivity index (χ0n) is 19.3. The quantitative estimate of drug-likeness (QED) is 0.302. The highest BCUT2D eigenvalue weighted by Crippen LogP contribution is 2.27. The van der Waals surface area contributed by atoms with Gasteiger partial charge in [0.1, 0.15) is 11.6 Å². The van der Waals surface area contributed by atoms with Crippen molar-refractivity contribution in [2.75, 3.05) is 5.32 Å². The minimum absolute atomic E-state index is 0.0239. The SMILES string of the molecule is O=C(CCCn1c(=O)oc2cc([N+](=O)[O-])ccc21)Nc1cc(-c2nnc3n2CCCCC3)ccc1F. The standard InChI is InChI=1S/C24H23FN6O5/c25-17-9-7-15(23-28-27-21-5-2-1-3-11-30(21)23)13-18(17)26-22(32)6-4-12-29-19-10-8-16(31(34)35)14-20(19)36-24(29)33/h7-10,13-14H,1-6,11-12H2,(H,26,32). The summed E-state index contributed by atoms with van der Waals surface area (Å²) in [6.07, 6.45) is 4.35. The van der Waals surface area contributed by atoms with Crippen molar-refractivity contribution in [3.63, 3.8) is 0 Å². The van der Waals surface area contributed by atoms with Crippen molar-refractivity contribution < 1.29 is 18.5 Å². The van der Waals surface area contributed by atoms with Crippen molar-refractivity contribution in [2.24, 2.45) is 0 Å². The third-order valence-electron chi connectivity index (χ3n) is 6.26. The first kappa shape index (κ1) is 23.4. The zero-order valence-corrected chi connectivity index (χ0v) is 19.3. The molecule has 12 heteroatoms. The molecule has 0 aliphatic carbocycles. The van der Waals surface area contributed by atoms with E-state index in [1.54, 1.807) is 12.1 Å². The third kappa shape index (κ3) is 4.61. The lowest BCUT2D eigenvalue weighted by atomic mass is 10.1. The number of amides is 1. The normalized spacial score (nSPS) is 13.4. The van der Waals surface area contributed by atoms with Crippen LogP contribution in [0.3, 0.4) is 0 Å². The van der Waals surface area contributed by atoms with Crippen LogP contribution in [-0.4, -0.2) is 30.2 Å². The van der Waals surface area contributed by atoms with Gasteiger partial charge in [0.2, 0.25) is 5.91 Å². The molecule has 0 unspecified atom stereocenters. The number of aromatic nitrogens is 4. The Morgan fingerprint density at radius 3 is 2.86 bits per heavy atom. The van der Waals surface area contributed by atoms with Crippen molar-refractivity contribution in [2.45, 2.75) is 51.6 Å². The van der Waals surface area contributed by atoms with Gasteiger partial charge >= 0.3 is 5.76 Å². The van der Waals surface area contributed by atoms with Crippen LogP contribution >= 0.6 is 0 Å². The maximum absolute atomic E-state index is 14.5. The summed E-state index contributed by atoms with van der Waals surface area (Å²) in [5.74, 6) is -0.0936. The zero-order chi connectivity index (χ0) is 25.2. The molecule has 0 bridgehead atoms. The van der Waals surface area contributed by atoms with Crippen molar-refractivity contribution in [1.82, 2.24) is 19.3 Å².